The van der Waals surface area contributed by atoms with Gasteiger partial charge in [-0.3, -0.25) is 0 Å². The molecule has 0 amide bonds. The number of hydrogen-bond donors (Lipinski definition) is 0. The molecular weight excluding hydrogens is 632 g/mol. The molecule has 0 spiro atoms. The van der Waals surface area contributed by atoms with Crippen LogP contribution in [-0.2, 0) is 0 Å². The van der Waals surface area contributed by atoms with Gasteiger partial charge in [-0.2, -0.15) is 4.39 Å². The maximum Gasteiger partial charge on any atom is 0.177 e. The molecule has 5 heteroatoms. The Morgan fingerprint density at radius 3 is 1.24 bits per heavy atom. The second-order valence-corrected chi connectivity index (χ2v) is 28.8. The van der Waals surface area contributed by atoms with E-state index in [2.05, 4.69) is 143 Å². The zero-order chi connectivity index (χ0) is 33.9. The van der Waals surface area contributed by atoms with Crippen molar-refractivity contribution in [1.29, 1.82) is 0 Å². The minimum absolute atomic E-state index is 0.150. The third kappa shape index (κ3) is 5.70. The number of halogens is 1. The largest absolute Gasteiger partial charge is 0.195 e. The van der Waals surface area contributed by atoms with Crippen LogP contribution in [0.1, 0.15) is 99.1 Å². The summed E-state index contributed by atoms with van der Waals surface area (Å²) in [5.41, 5.74) is 13.5. The predicted molar refractivity (Wildman–Crippen MR) is 213 cm³/mol. The Morgan fingerprint density at radius 2 is 0.848 bits per heavy atom. The van der Waals surface area contributed by atoms with E-state index in [-0.39, 0.29) is 5.13 Å². The first-order chi connectivity index (χ1) is 21.5. The van der Waals surface area contributed by atoms with Gasteiger partial charge in [-0.05, 0) is 98.1 Å². The first kappa shape index (κ1) is 34.9. The Balaban J connectivity index is 2.02. The fourth-order valence-electron chi connectivity index (χ4n) is 8.87. The molecule has 2 heterocycles. The van der Waals surface area contributed by atoms with Gasteiger partial charge < -0.3 is 0 Å². The summed E-state index contributed by atoms with van der Waals surface area (Å²) in [4.78, 5) is 1.31. The first-order valence-corrected chi connectivity index (χ1v) is 23.2. The highest BCUT2D eigenvalue weighted by atomic mass is 32.1. The molecule has 3 aromatic carbocycles. The Kier molecular flexibility index (Phi) is 9.78. The van der Waals surface area contributed by atoms with Gasteiger partial charge in [0.1, 0.15) is 16.1 Å². The zero-order valence-electron chi connectivity index (χ0n) is 30.1. The summed E-state index contributed by atoms with van der Waals surface area (Å²) in [6.45, 7) is 30.7. The average molecular weight is 683 g/mol. The maximum absolute atomic E-state index is 14.8. The van der Waals surface area contributed by atoms with E-state index < -0.39 is 16.1 Å². The number of fused-ring (bicyclic) bond motifs is 4. The molecule has 0 radical (unpaired) electrons. The zero-order valence-corrected chi connectivity index (χ0v) is 33.8. The SMILES string of the molecule is Cc1cc2cc3c(C#C[Si](C(C)C)(C(C)C)C(C)C)c4cc5sc(F)cc5cc4c(C#C[Si](C(C)C)(C(C)C)C(C)C)c3cc2s1. The van der Waals surface area contributed by atoms with Crippen molar-refractivity contribution in [2.24, 2.45) is 0 Å². The van der Waals surface area contributed by atoms with Crippen molar-refractivity contribution < 1.29 is 4.39 Å². The normalized spacial score (nSPS) is 13.0. The Labute approximate surface area is 287 Å². The molecule has 0 aliphatic carbocycles. The molecule has 0 aliphatic rings. The fraction of sp³-hybridized carbons (Fsp3) is 0.463. The molecule has 2 aromatic heterocycles. The number of hydrogen-bond acceptors (Lipinski definition) is 2. The van der Waals surface area contributed by atoms with Crippen LogP contribution in [0, 0.1) is 35.0 Å². The highest BCUT2D eigenvalue weighted by Gasteiger charge is 2.43. The second kappa shape index (κ2) is 12.9. The van der Waals surface area contributed by atoms with Crippen LogP contribution < -0.4 is 0 Å². The molecule has 46 heavy (non-hydrogen) atoms. The molecular formula is C41H51FS2Si2. The van der Waals surface area contributed by atoms with Crippen LogP contribution in [0.15, 0.2) is 36.4 Å². The van der Waals surface area contributed by atoms with Crippen LogP contribution >= 0.6 is 22.7 Å². The second-order valence-electron chi connectivity index (χ2n) is 15.3. The van der Waals surface area contributed by atoms with Crippen molar-refractivity contribution in [1.82, 2.24) is 0 Å². The van der Waals surface area contributed by atoms with Gasteiger partial charge >= 0.3 is 0 Å². The molecule has 0 atom stereocenters. The lowest BCUT2D eigenvalue weighted by Crippen LogP contribution is -2.43. The van der Waals surface area contributed by atoms with Gasteiger partial charge in [-0.15, -0.1) is 33.8 Å². The number of thiophene rings is 2. The molecule has 0 N–H and O–H groups in total. The standard InChI is InChI=1S/C41H51FS2Si2/c1-24(2)45(25(3)4,26(5)6)16-14-33-35-19-31-18-30(13)43-39(31)22-37(35)34(15-17-46(27(7)8,28(9)10)29(11)12)36-20-32-21-41(42)44-40(32)23-38(33)36/h18-29H,1-13H3. The predicted octanol–water partition coefficient (Wildman–Crippen LogP) is 14.0. The maximum atomic E-state index is 14.8. The highest BCUT2D eigenvalue weighted by molar-refractivity contribution is 7.19. The monoisotopic (exact) mass is 682 g/mol. The summed E-state index contributed by atoms with van der Waals surface area (Å²) < 4.78 is 17.0. The molecule has 0 saturated carbocycles. The van der Waals surface area contributed by atoms with E-state index >= 15 is 0 Å². The molecule has 0 saturated heterocycles. The topological polar surface area (TPSA) is 0 Å². The van der Waals surface area contributed by atoms with E-state index in [4.69, 9.17) is 0 Å². The quantitative estimate of drug-likeness (QED) is 0.0950. The van der Waals surface area contributed by atoms with Crippen molar-refractivity contribution in [2.45, 2.75) is 123 Å². The summed E-state index contributed by atoms with van der Waals surface area (Å²) in [6, 6.07) is 13.1. The lowest BCUT2D eigenvalue weighted by Gasteiger charge is -2.38. The number of aryl methyl sites for hydroxylation is 1. The van der Waals surface area contributed by atoms with Crippen molar-refractivity contribution in [3.63, 3.8) is 0 Å². The minimum Gasteiger partial charge on any atom is -0.195 e. The smallest absolute Gasteiger partial charge is 0.177 e. The van der Waals surface area contributed by atoms with E-state index in [0.29, 0.717) is 33.2 Å². The Hall–Kier alpha value is -2.42. The van der Waals surface area contributed by atoms with Crippen LogP contribution in [-0.4, -0.2) is 16.1 Å². The van der Waals surface area contributed by atoms with Crippen molar-refractivity contribution in [3.8, 4) is 22.9 Å². The van der Waals surface area contributed by atoms with Gasteiger partial charge in [0.15, 0.2) is 5.13 Å². The third-order valence-corrected chi connectivity index (χ3v) is 25.5. The summed E-state index contributed by atoms with van der Waals surface area (Å²) in [6.07, 6.45) is 0. The van der Waals surface area contributed by atoms with Crippen LogP contribution in [0.3, 0.4) is 0 Å². The lowest BCUT2D eigenvalue weighted by atomic mass is 9.91. The number of rotatable bonds is 6. The van der Waals surface area contributed by atoms with Gasteiger partial charge in [0.05, 0.1) is 0 Å². The van der Waals surface area contributed by atoms with Crippen molar-refractivity contribution in [2.75, 3.05) is 0 Å². The van der Waals surface area contributed by atoms with Gasteiger partial charge in [-0.25, -0.2) is 0 Å². The van der Waals surface area contributed by atoms with Gasteiger partial charge in [-0.1, -0.05) is 94.9 Å². The van der Waals surface area contributed by atoms with Crippen LogP contribution in [0.25, 0.3) is 41.7 Å². The molecule has 0 aliphatic heterocycles. The van der Waals surface area contributed by atoms with Crippen LogP contribution in [0.5, 0.6) is 0 Å². The lowest BCUT2D eigenvalue weighted by molar-refractivity contribution is 0.658. The Morgan fingerprint density at radius 1 is 0.500 bits per heavy atom. The van der Waals surface area contributed by atoms with Gasteiger partial charge in [0.2, 0.25) is 0 Å². The summed E-state index contributed by atoms with van der Waals surface area (Å²) in [7, 11) is -4.03. The molecule has 0 fully saturated rings. The fourth-order valence-corrected chi connectivity index (χ4v) is 21.0. The van der Waals surface area contributed by atoms with Crippen LogP contribution in [0.2, 0.25) is 33.2 Å². The molecule has 5 rings (SSSR count). The average Bonchev–Trinajstić information content (AvgIpc) is 3.50. The molecule has 0 nitrogen and oxygen atoms in total. The minimum atomic E-state index is -2.01. The van der Waals surface area contributed by atoms with Crippen molar-refractivity contribution >= 4 is 80.5 Å². The van der Waals surface area contributed by atoms with Crippen LogP contribution in [0.4, 0.5) is 4.39 Å². The molecule has 0 bridgehead atoms. The van der Waals surface area contributed by atoms with E-state index in [1.165, 1.54) is 37.1 Å². The van der Waals surface area contributed by atoms with Gasteiger partial charge in [0.25, 0.3) is 0 Å². The highest BCUT2D eigenvalue weighted by Crippen LogP contribution is 2.44. The van der Waals surface area contributed by atoms with E-state index in [0.717, 1.165) is 32.0 Å². The summed E-state index contributed by atoms with van der Waals surface area (Å²) in [5, 5.41) is 6.62. The van der Waals surface area contributed by atoms with Crippen molar-refractivity contribution in [3.05, 3.63) is 57.5 Å². The number of benzene rings is 3. The van der Waals surface area contributed by atoms with Gasteiger partial charge in [0, 0.05) is 36.2 Å². The van der Waals surface area contributed by atoms with E-state index in [9.17, 15) is 4.39 Å². The molecule has 5 aromatic rings. The van der Waals surface area contributed by atoms with E-state index in [1.54, 1.807) is 6.07 Å². The molecule has 242 valence electrons. The summed E-state index contributed by atoms with van der Waals surface area (Å²) >= 11 is 3.07. The van der Waals surface area contributed by atoms with E-state index in [1.807, 2.05) is 11.3 Å². The molecule has 0 unspecified atom stereocenters. The Bertz CT molecular complexity index is 1780. The third-order valence-electron chi connectivity index (χ3n) is 11.0. The summed E-state index contributed by atoms with van der Waals surface area (Å²) in [5.74, 6) is 7.80. The first-order valence-electron chi connectivity index (χ1n) is 17.1.